The van der Waals surface area contributed by atoms with E-state index >= 15 is 0 Å². The summed E-state index contributed by atoms with van der Waals surface area (Å²) < 4.78 is 52.6. The molecule has 0 aromatic carbocycles. The first-order valence-electron chi connectivity index (χ1n) is 3.27. The third-order valence-corrected chi connectivity index (χ3v) is 1.48. The van der Waals surface area contributed by atoms with Crippen molar-refractivity contribution in [1.29, 1.82) is 0 Å². The Labute approximate surface area is 65.9 Å². The van der Waals surface area contributed by atoms with Crippen molar-refractivity contribution in [3.05, 3.63) is 0 Å². The van der Waals surface area contributed by atoms with Crippen LogP contribution in [-0.2, 0) is 4.74 Å². The van der Waals surface area contributed by atoms with Crippen LogP contribution in [0.5, 0.6) is 0 Å². The average molecular weight is 188 g/mol. The number of ether oxygens (including phenoxy) is 1. The minimum Gasteiger partial charge on any atom is -0.321 e. The van der Waals surface area contributed by atoms with Crippen molar-refractivity contribution >= 4 is 0 Å². The average Bonchev–Trinajstić information content (AvgIpc) is 1.83. The molecule has 12 heavy (non-hydrogen) atoms. The highest BCUT2D eigenvalue weighted by Crippen LogP contribution is 2.26. The highest BCUT2D eigenvalue weighted by Gasteiger charge is 2.46. The molecule has 1 fully saturated rings. The molecule has 2 atom stereocenters. The molecule has 0 amide bonds. The maximum Gasteiger partial charge on any atom is 0.404 e. The zero-order valence-electron chi connectivity index (χ0n) is 5.99. The van der Waals surface area contributed by atoms with E-state index < -0.39 is 18.3 Å². The monoisotopic (exact) mass is 188 g/mol. The third-order valence-electron chi connectivity index (χ3n) is 1.48. The lowest BCUT2D eigenvalue weighted by molar-refractivity contribution is -0.246. The van der Waals surface area contributed by atoms with E-state index in [1.165, 1.54) is 5.32 Å². The minimum atomic E-state index is -4.49. The molecule has 1 saturated heterocycles. The molecule has 0 bridgehead atoms. The molecule has 0 saturated carbocycles. The van der Waals surface area contributed by atoms with Crippen LogP contribution < -0.4 is 11.1 Å². The van der Waals surface area contributed by atoms with Crippen LogP contribution in [0.25, 0.3) is 0 Å². The lowest BCUT2D eigenvalue weighted by Gasteiger charge is -2.33. The fraction of sp³-hybridized carbons (Fsp3) is 1.00. The summed E-state index contributed by atoms with van der Waals surface area (Å²) >= 11 is 0. The summed E-state index contributed by atoms with van der Waals surface area (Å²) in [7, 11) is 0. The zero-order valence-corrected chi connectivity index (χ0v) is 5.99. The first kappa shape index (κ1) is 9.69. The number of alkyl halides is 4. The van der Waals surface area contributed by atoms with Gasteiger partial charge in [0.25, 0.3) is 0 Å². The Morgan fingerprint density at radius 3 is 2.42 bits per heavy atom. The molecule has 7 heteroatoms. The van der Waals surface area contributed by atoms with Crippen LogP contribution in [0.15, 0.2) is 0 Å². The number of nitrogens with one attached hydrogen (secondary N) is 1. The summed E-state index contributed by atoms with van der Waals surface area (Å²) in [6.07, 6.45) is -7.68. The van der Waals surface area contributed by atoms with E-state index in [0.717, 1.165) is 0 Å². The summed E-state index contributed by atoms with van der Waals surface area (Å²) in [6.45, 7) is -0.343. The normalized spacial score (nSPS) is 38.2. The molecule has 0 spiro atoms. The molecule has 1 aliphatic rings. The lowest BCUT2D eigenvalue weighted by Crippen LogP contribution is -2.63. The molecule has 0 aliphatic carbocycles. The van der Waals surface area contributed by atoms with Crippen molar-refractivity contribution in [1.82, 2.24) is 5.32 Å². The number of rotatable bonds is 0. The molecule has 1 heterocycles. The second kappa shape index (κ2) is 2.82. The molecular weight excluding hydrogens is 180 g/mol. The van der Waals surface area contributed by atoms with E-state index in [1.54, 1.807) is 0 Å². The molecule has 72 valence electrons. The molecule has 0 aromatic heterocycles. The summed E-state index contributed by atoms with van der Waals surface area (Å²) in [5, 5.41) is 1.50. The van der Waals surface area contributed by atoms with Gasteiger partial charge in [-0.1, -0.05) is 0 Å². The van der Waals surface area contributed by atoms with Crippen molar-refractivity contribution in [2.24, 2.45) is 5.73 Å². The van der Waals surface area contributed by atoms with Crippen LogP contribution in [0, 0.1) is 0 Å². The smallest absolute Gasteiger partial charge is 0.321 e. The van der Waals surface area contributed by atoms with Gasteiger partial charge in [0, 0.05) is 0 Å². The predicted octanol–water partition coefficient (Wildman–Crippen LogP) is 0.467. The van der Waals surface area contributed by atoms with Crippen LogP contribution >= 0.6 is 0 Å². The molecule has 1 aliphatic heterocycles. The van der Waals surface area contributed by atoms with Gasteiger partial charge in [-0.25, -0.2) is 5.32 Å². The Balaban J connectivity index is 2.58. The van der Waals surface area contributed by atoms with Crippen LogP contribution in [0.3, 0.4) is 0 Å². The van der Waals surface area contributed by atoms with Crippen molar-refractivity contribution in [3.63, 3.8) is 0 Å². The van der Waals surface area contributed by atoms with E-state index in [9.17, 15) is 17.6 Å². The fourth-order valence-corrected chi connectivity index (χ4v) is 0.922. The summed E-state index contributed by atoms with van der Waals surface area (Å²) in [5.74, 6) is 0. The number of hydrogen-bond donors (Lipinski definition) is 2. The first-order chi connectivity index (χ1) is 5.31. The van der Waals surface area contributed by atoms with E-state index in [-0.39, 0.29) is 13.0 Å². The van der Waals surface area contributed by atoms with Crippen LogP contribution in [-0.4, -0.2) is 24.9 Å². The van der Waals surface area contributed by atoms with Crippen molar-refractivity contribution in [3.8, 4) is 0 Å². The maximum absolute atomic E-state index is 12.6. The van der Waals surface area contributed by atoms with Gasteiger partial charge in [0.15, 0.2) is 0 Å². The Kier molecular flexibility index (Phi) is 2.28. The zero-order chi connectivity index (χ0) is 9.41. The van der Waals surface area contributed by atoms with Gasteiger partial charge in [0.05, 0.1) is 6.61 Å². The quantitative estimate of drug-likeness (QED) is 0.429. The first-order valence-corrected chi connectivity index (χ1v) is 3.27. The Hall–Kier alpha value is -0.400. The summed E-state index contributed by atoms with van der Waals surface area (Å²) in [5.41, 5.74) is 4.66. The van der Waals surface area contributed by atoms with Gasteiger partial charge in [-0.2, -0.15) is 17.6 Å². The highest BCUT2D eigenvalue weighted by molar-refractivity contribution is 4.80. The van der Waals surface area contributed by atoms with Gasteiger partial charge in [0.2, 0.25) is 0 Å². The topological polar surface area (TPSA) is 47.3 Å². The van der Waals surface area contributed by atoms with Gasteiger partial charge in [0.1, 0.15) is 6.04 Å². The summed E-state index contributed by atoms with van der Waals surface area (Å²) in [4.78, 5) is 0. The van der Waals surface area contributed by atoms with E-state index in [0.29, 0.717) is 0 Å². The Morgan fingerprint density at radius 2 is 2.08 bits per heavy atom. The van der Waals surface area contributed by atoms with Crippen molar-refractivity contribution < 1.29 is 22.3 Å². The SMILES string of the molecule is NC1(F)NC(C(F)(F)F)CCO1. The molecule has 3 nitrogen and oxygen atoms in total. The van der Waals surface area contributed by atoms with E-state index in [4.69, 9.17) is 0 Å². The minimum absolute atomic E-state index is 0.327. The fourth-order valence-electron chi connectivity index (χ4n) is 0.922. The summed E-state index contributed by atoms with van der Waals surface area (Å²) in [6, 6.07) is -1.93. The van der Waals surface area contributed by atoms with Crippen LogP contribution in [0.1, 0.15) is 6.42 Å². The molecule has 2 unspecified atom stereocenters. The Morgan fingerprint density at radius 1 is 1.50 bits per heavy atom. The number of halogens is 4. The molecular formula is C5H8F4N2O. The number of nitrogens with two attached hydrogens (primary N) is 1. The second-order valence-electron chi connectivity index (χ2n) is 2.52. The maximum atomic E-state index is 12.6. The number of hydrogen-bond acceptors (Lipinski definition) is 3. The van der Waals surface area contributed by atoms with Crippen molar-refractivity contribution in [2.45, 2.75) is 24.7 Å². The molecule has 0 aromatic rings. The van der Waals surface area contributed by atoms with Gasteiger partial charge >= 0.3 is 12.3 Å². The van der Waals surface area contributed by atoms with E-state index in [1.807, 2.05) is 0 Å². The molecule has 3 N–H and O–H groups in total. The standard InChI is InChI=1S/C5H8F4N2O/c6-4(7,8)3-1-2-12-5(9,10)11-3/h3,11H,1-2,10H2. The third kappa shape index (κ3) is 2.29. The Bertz CT molecular complexity index is 166. The predicted molar refractivity (Wildman–Crippen MR) is 31.6 cm³/mol. The van der Waals surface area contributed by atoms with Gasteiger partial charge < -0.3 is 4.74 Å². The lowest BCUT2D eigenvalue weighted by atomic mass is 10.2. The van der Waals surface area contributed by atoms with Crippen LogP contribution in [0.4, 0.5) is 17.6 Å². The van der Waals surface area contributed by atoms with E-state index in [2.05, 4.69) is 10.5 Å². The van der Waals surface area contributed by atoms with Gasteiger partial charge in [-0.3, -0.25) is 5.73 Å². The van der Waals surface area contributed by atoms with Crippen molar-refractivity contribution in [2.75, 3.05) is 6.61 Å². The largest absolute Gasteiger partial charge is 0.404 e. The molecule has 1 rings (SSSR count). The highest BCUT2D eigenvalue weighted by atomic mass is 19.4. The second-order valence-corrected chi connectivity index (χ2v) is 2.52. The van der Waals surface area contributed by atoms with Gasteiger partial charge in [-0.05, 0) is 6.42 Å². The van der Waals surface area contributed by atoms with Gasteiger partial charge in [-0.15, -0.1) is 0 Å². The molecule has 0 radical (unpaired) electrons. The van der Waals surface area contributed by atoms with Crippen LogP contribution in [0.2, 0.25) is 0 Å².